The molecule has 1 amide bonds. The van der Waals surface area contributed by atoms with E-state index in [1.165, 1.54) is 12.4 Å². The summed E-state index contributed by atoms with van der Waals surface area (Å²) in [5, 5.41) is 8.39. The first-order chi connectivity index (χ1) is 19.7. The molecule has 0 unspecified atom stereocenters. The number of H-pyrrole nitrogens is 1. The second kappa shape index (κ2) is 10.5. The Morgan fingerprint density at radius 3 is 2.71 bits per heavy atom. The third-order valence-corrected chi connectivity index (χ3v) is 8.11. The maximum Gasteiger partial charge on any atom is 0.433 e. The van der Waals surface area contributed by atoms with Crippen LogP contribution in [0.3, 0.4) is 0 Å². The first-order valence-corrected chi connectivity index (χ1v) is 13.5. The van der Waals surface area contributed by atoms with Crippen molar-refractivity contribution in [3.63, 3.8) is 0 Å². The number of hydrogen-bond donors (Lipinski definition) is 3. The second-order valence-corrected chi connectivity index (χ2v) is 10.8. The number of halogens is 3. The van der Waals surface area contributed by atoms with Crippen molar-refractivity contribution in [2.75, 3.05) is 39.8 Å². The Morgan fingerprint density at radius 2 is 2.00 bits per heavy atom. The second-order valence-electron chi connectivity index (χ2n) is 10.8. The predicted octanol–water partition coefficient (Wildman–Crippen LogP) is 2.23. The fourth-order valence-corrected chi connectivity index (χ4v) is 5.89. The van der Waals surface area contributed by atoms with Gasteiger partial charge in [0.05, 0.1) is 11.9 Å². The molecule has 41 heavy (non-hydrogen) atoms. The molecule has 2 saturated heterocycles. The minimum atomic E-state index is -4.63. The lowest BCUT2D eigenvalue weighted by molar-refractivity contribution is -0.141. The molecule has 0 aromatic carbocycles. The molecule has 0 radical (unpaired) electrons. The van der Waals surface area contributed by atoms with Crippen molar-refractivity contribution < 1.29 is 18.0 Å². The highest BCUT2D eigenvalue weighted by molar-refractivity contribution is 5.92. The van der Waals surface area contributed by atoms with E-state index in [-0.39, 0.29) is 23.8 Å². The fraction of sp³-hybridized carbons (Fsp3) is 0.444. The summed E-state index contributed by atoms with van der Waals surface area (Å²) in [5.41, 5.74) is 7.49. The number of aromatic amines is 1. The number of amides is 1. The average Bonchev–Trinajstić information content (AvgIpc) is 3.63. The summed E-state index contributed by atoms with van der Waals surface area (Å²) in [7, 11) is 1.64. The normalized spacial score (nSPS) is 18.1. The van der Waals surface area contributed by atoms with E-state index in [0.29, 0.717) is 38.0 Å². The maximum atomic E-state index is 13.4. The van der Waals surface area contributed by atoms with Gasteiger partial charge in [0, 0.05) is 68.7 Å². The Morgan fingerprint density at radius 1 is 1.22 bits per heavy atom. The lowest BCUT2D eigenvalue weighted by atomic mass is 9.86. The van der Waals surface area contributed by atoms with Gasteiger partial charge in [0.2, 0.25) is 0 Å². The van der Waals surface area contributed by atoms with Gasteiger partial charge in [-0.05, 0) is 43.7 Å². The number of nitrogens with zero attached hydrogens (tertiary/aromatic N) is 7. The van der Waals surface area contributed by atoms with Gasteiger partial charge in [0.15, 0.2) is 0 Å². The Kier molecular flexibility index (Phi) is 6.99. The van der Waals surface area contributed by atoms with Gasteiger partial charge < -0.3 is 20.9 Å². The minimum absolute atomic E-state index is 0.176. The topological polar surface area (TPSA) is 134 Å². The van der Waals surface area contributed by atoms with Crippen LogP contribution in [0.1, 0.15) is 34.6 Å². The molecular formula is C27H31F3N10O. The third-order valence-electron chi connectivity index (χ3n) is 8.11. The molecule has 14 heteroatoms. The largest absolute Gasteiger partial charge is 0.433 e. The Hall–Kier alpha value is -3.88. The van der Waals surface area contributed by atoms with Crippen LogP contribution in [0.4, 0.5) is 13.2 Å². The van der Waals surface area contributed by atoms with Crippen molar-refractivity contribution in [2.45, 2.75) is 37.1 Å². The molecule has 2 fully saturated rings. The molecule has 0 aliphatic carbocycles. The van der Waals surface area contributed by atoms with E-state index in [1.807, 2.05) is 23.1 Å². The van der Waals surface area contributed by atoms with Gasteiger partial charge in [-0.3, -0.25) is 14.4 Å². The van der Waals surface area contributed by atoms with Crippen molar-refractivity contribution >= 4 is 16.9 Å². The molecule has 2 aliphatic rings. The molecule has 0 saturated carbocycles. The number of rotatable bonds is 7. The van der Waals surface area contributed by atoms with Gasteiger partial charge in [-0.1, -0.05) is 0 Å². The fourth-order valence-electron chi connectivity index (χ4n) is 5.89. The monoisotopic (exact) mass is 568 g/mol. The highest BCUT2D eigenvalue weighted by Crippen LogP contribution is 2.35. The first-order valence-electron chi connectivity index (χ1n) is 13.5. The number of nitrogens with two attached hydrogens (primary N) is 1. The van der Waals surface area contributed by atoms with Crippen LogP contribution in [-0.4, -0.2) is 91.2 Å². The summed E-state index contributed by atoms with van der Waals surface area (Å²) in [5.74, 6) is -0.475. The first kappa shape index (κ1) is 27.3. The van der Waals surface area contributed by atoms with E-state index in [1.54, 1.807) is 18.1 Å². The number of piperidine rings is 1. The average molecular weight is 569 g/mol. The van der Waals surface area contributed by atoms with Gasteiger partial charge in [-0.2, -0.15) is 18.3 Å². The molecule has 6 heterocycles. The van der Waals surface area contributed by atoms with E-state index in [0.717, 1.165) is 41.4 Å². The highest BCUT2D eigenvalue weighted by atomic mass is 19.4. The lowest BCUT2D eigenvalue weighted by Crippen LogP contribution is -2.69. The molecule has 4 N–H and O–H groups in total. The van der Waals surface area contributed by atoms with E-state index in [2.05, 4.69) is 35.3 Å². The van der Waals surface area contributed by atoms with Gasteiger partial charge in [-0.15, -0.1) is 0 Å². The Labute approximate surface area is 234 Å². The van der Waals surface area contributed by atoms with Crippen LogP contribution in [0.15, 0.2) is 43.1 Å². The van der Waals surface area contributed by atoms with Crippen molar-refractivity contribution in [1.29, 1.82) is 0 Å². The predicted molar refractivity (Wildman–Crippen MR) is 145 cm³/mol. The number of carbonyl (C=O) groups excluding carboxylic acids is 1. The highest BCUT2D eigenvalue weighted by Gasteiger charge is 2.47. The Balaban J connectivity index is 1.10. The molecule has 0 bridgehead atoms. The standard InChI is InChI=1S/C27H31F3N10O/c1-32-10-17-8-21(37-22(9-17)27(28,29)30)25(41)38-6-3-19(4-7-38)39-14-26(13-31,15-39)40-12-18(11-36-40)23-20-2-5-33-24(20)35-16-34-23/h2,5,8-9,11-12,16,19,32H,3-4,6-7,10,13-15,31H2,1H3,(H,33,34,35). The number of nitrogens with one attached hydrogen (secondary N) is 2. The van der Waals surface area contributed by atoms with E-state index in [9.17, 15) is 18.0 Å². The summed E-state index contributed by atoms with van der Waals surface area (Å²) in [4.78, 5) is 32.5. The zero-order valence-electron chi connectivity index (χ0n) is 22.5. The molecule has 0 spiro atoms. The molecule has 4 aromatic heterocycles. The van der Waals surface area contributed by atoms with E-state index in [4.69, 9.17) is 5.73 Å². The number of alkyl halides is 3. The van der Waals surface area contributed by atoms with Gasteiger partial charge in [-0.25, -0.2) is 15.0 Å². The third kappa shape index (κ3) is 5.06. The lowest BCUT2D eigenvalue weighted by Gasteiger charge is -2.54. The summed E-state index contributed by atoms with van der Waals surface area (Å²) >= 11 is 0. The number of carbonyl (C=O) groups is 1. The van der Waals surface area contributed by atoms with Crippen LogP contribution in [0, 0.1) is 0 Å². The quantitative estimate of drug-likeness (QED) is 0.309. The van der Waals surface area contributed by atoms with Crippen molar-refractivity contribution in [3.8, 4) is 11.3 Å². The van der Waals surface area contributed by atoms with E-state index >= 15 is 0 Å². The van der Waals surface area contributed by atoms with Crippen molar-refractivity contribution in [3.05, 3.63) is 60.1 Å². The summed E-state index contributed by atoms with van der Waals surface area (Å²) < 4.78 is 42.1. The zero-order chi connectivity index (χ0) is 28.8. The van der Waals surface area contributed by atoms with Crippen molar-refractivity contribution in [1.82, 2.24) is 44.8 Å². The van der Waals surface area contributed by atoms with Crippen LogP contribution in [-0.2, 0) is 18.3 Å². The van der Waals surface area contributed by atoms with Crippen LogP contribution < -0.4 is 11.1 Å². The summed E-state index contributed by atoms with van der Waals surface area (Å²) in [6, 6.07) is 4.59. The number of hydrogen-bond acceptors (Lipinski definition) is 8. The zero-order valence-corrected chi connectivity index (χ0v) is 22.5. The summed E-state index contributed by atoms with van der Waals surface area (Å²) in [6.07, 6.45) is 3.92. The molecule has 6 rings (SSSR count). The van der Waals surface area contributed by atoms with Crippen LogP contribution >= 0.6 is 0 Å². The van der Waals surface area contributed by atoms with Crippen LogP contribution in [0.2, 0.25) is 0 Å². The minimum Gasteiger partial charge on any atom is -0.346 e. The van der Waals surface area contributed by atoms with Crippen LogP contribution in [0.25, 0.3) is 22.3 Å². The molecule has 0 atom stereocenters. The maximum absolute atomic E-state index is 13.4. The van der Waals surface area contributed by atoms with Crippen LogP contribution in [0.5, 0.6) is 0 Å². The molecular weight excluding hydrogens is 537 g/mol. The molecule has 216 valence electrons. The van der Waals surface area contributed by atoms with Gasteiger partial charge in [0.1, 0.15) is 28.9 Å². The van der Waals surface area contributed by atoms with Gasteiger partial charge >= 0.3 is 6.18 Å². The van der Waals surface area contributed by atoms with Crippen molar-refractivity contribution in [2.24, 2.45) is 5.73 Å². The summed E-state index contributed by atoms with van der Waals surface area (Å²) in [6.45, 7) is 2.95. The smallest absolute Gasteiger partial charge is 0.346 e. The molecule has 4 aromatic rings. The Bertz CT molecular complexity index is 1550. The molecule has 2 aliphatic heterocycles. The number of pyridine rings is 1. The SMILES string of the molecule is CNCc1cc(C(=O)N2CCC(N3CC(CN)(n4cc(-c5ncnc6[nH]ccc56)cn4)C3)CC2)nc(C(F)(F)F)c1. The molecule has 11 nitrogen and oxygen atoms in total. The number of aromatic nitrogens is 6. The number of fused-ring (bicyclic) bond motifs is 1. The number of likely N-dealkylation sites (tertiary alicyclic amines) is 2. The van der Waals surface area contributed by atoms with E-state index < -0.39 is 17.8 Å². The van der Waals surface area contributed by atoms with Gasteiger partial charge in [0.25, 0.3) is 5.91 Å².